The smallest absolute Gasteiger partial charge is 0.0687 e. The molecule has 3 heteroatoms. The van der Waals surface area contributed by atoms with Gasteiger partial charge in [-0.2, -0.15) is 0 Å². The molecule has 80 valence electrons. The summed E-state index contributed by atoms with van der Waals surface area (Å²) in [6, 6.07) is 1.06. The van der Waals surface area contributed by atoms with E-state index in [1.807, 2.05) is 0 Å². The van der Waals surface area contributed by atoms with Gasteiger partial charge in [0.1, 0.15) is 0 Å². The largest absolute Gasteiger partial charge is 0.392 e. The van der Waals surface area contributed by atoms with Gasteiger partial charge < -0.3 is 5.11 Å². The average Bonchev–Trinajstić information content (AvgIpc) is 2.03. The Morgan fingerprint density at radius 1 is 1.15 bits per heavy atom. The van der Waals surface area contributed by atoms with E-state index >= 15 is 0 Å². The van der Waals surface area contributed by atoms with Crippen molar-refractivity contribution in [1.29, 1.82) is 0 Å². The predicted molar refractivity (Wildman–Crippen MR) is 58.3 cm³/mol. The van der Waals surface area contributed by atoms with Crippen LogP contribution in [-0.2, 0) is 0 Å². The summed E-state index contributed by atoms with van der Waals surface area (Å²) in [4.78, 5) is 2.36. The van der Waals surface area contributed by atoms with Gasteiger partial charge in [-0.05, 0) is 34.1 Å². The third kappa shape index (κ3) is 5.50. The molecule has 0 rings (SSSR count). The normalized spacial score (nSPS) is 14.5. The van der Waals surface area contributed by atoms with Crippen LogP contribution in [0.25, 0.3) is 0 Å². The molecule has 0 aromatic rings. The van der Waals surface area contributed by atoms with Crippen molar-refractivity contribution in [2.75, 3.05) is 12.4 Å². The molecule has 13 heavy (non-hydrogen) atoms. The quantitative estimate of drug-likeness (QED) is 0.675. The third-order valence-electron chi connectivity index (χ3n) is 2.23. The average molecular weight is 208 g/mol. The maximum atomic E-state index is 9.31. The van der Waals surface area contributed by atoms with Crippen molar-refractivity contribution >= 4 is 11.6 Å². The number of aliphatic hydroxyl groups is 1. The van der Waals surface area contributed by atoms with Crippen molar-refractivity contribution in [2.45, 2.75) is 52.3 Å². The van der Waals surface area contributed by atoms with E-state index in [2.05, 4.69) is 32.6 Å². The maximum absolute atomic E-state index is 9.31. The number of rotatable bonds is 6. The van der Waals surface area contributed by atoms with Crippen molar-refractivity contribution in [3.8, 4) is 0 Å². The summed E-state index contributed by atoms with van der Waals surface area (Å²) in [5.74, 6) is 0.337. The summed E-state index contributed by atoms with van der Waals surface area (Å²) in [5.41, 5.74) is 0. The zero-order chi connectivity index (χ0) is 10.4. The number of halogens is 1. The van der Waals surface area contributed by atoms with Crippen molar-refractivity contribution in [2.24, 2.45) is 0 Å². The Kier molecular flexibility index (Phi) is 6.74. The molecule has 0 aromatic heterocycles. The lowest BCUT2D eigenvalue weighted by atomic mass is 10.2. The van der Waals surface area contributed by atoms with Crippen LogP contribution in [0, 0.1) is 0 Å². The summed E-state index contributed by atoms with van der Waals surface area (Å²) in [5, 5.41) is 9.31. The summed E-state index contributed by atoms with van der Waals surface area (Å²) >= 11 is 5.53. The van der Waals surface area contributed by atoms with Crippen LogP contribution in [-0.4, -0.2) is 40.6 Å². The molecule has 2 nitrogen and oxygen atoms in total. The fraction of sp³-hybridized carbons (Fsp3) is 1.00. The molecule has 0 amide bonds. The number of hydrogen-bond acceptors (Lipinski definition) is 2. The lowest BCUT2D eigenvalue weighted by Crippen LogP contribution is -2.39. The Morgan fingerprint density at radius 2 is 1.62 bits per heavy atom. The van der Waals surface area contributed by atoms with E-state index in [4.69, 9.17) is 11.6 Å². The highest BCUT2D eigenvalue weighted by Crippen LogP contribution is 2.07. The van der Waals surface area contributed by atoms with E-state index in [1.54, 1.807) is 0 Å². The second kappa shape index (κ2) is 6.63. The fourth-order valence-corrected chi connectivity index (χ4v) is 1.64. The molecule has 0 aliphatic rings. The Morgan fingerprint density at radius 3 is 1.92 bits per heavy atom. The Hall–Kier alpha value is 0.210. The van der Waals surface area contributed by atoms with Crippen molar-refractivity contribution < 1.29 is 5.11 Å². The minimum absolute atomic E-state index is 0.337. The van der Waals surface area contributed by atoms with Gasteiger partial charge in [-0.3, -0.25) is 4.90 Å². The molecule has 1 unspecified atom stereocenters. The third-order valence-corrected chi connectivity index (χ3v) is 2.58. The molecule has 0 saturated carbocycles. The zero-order valence-electron chi connectivity index (χ0n) is 9.13. The highest BCUT2D eigenvalue weighted by molar-refractivity contribution is 6.18. The van der Waals surface area contributed by atoms with Crippen LogP contribution >= 0.6 is 11.6 Å². The molecular formula is C10H22ClNO. The fourth-order valence-electron chi connectivity index (χ4n) is 1.49. The van der Waals surface area contributed by atoms with Crippen molar-refractivity contribution in [3.63, 3.8) is 0 Å². The van der Waals surface area contributed by atoms with Crippen LogP contribution in [0.3, 0.4) is 0 Å². The lowest BCUT2D eigenvalue weighted by molar-refractivity contribution is 0.124. The molecule has 0 aliphatic carbocycles. The Bertz CT molecular complexity index is 120. The molecule has 0 heterocycles. The van der Waals surface area contributed by atoms with E-state index in [9.17, 15) is 5.11 Å². The van der Waals surface area contributed by atoms with Crippen LogP contribution < -0.4 is 0 Å². The Labute approximate surface area is 86.9 Å². The van der Waals surface area contributed by atoms with Gasteiger partial charge in [-0.15, -0.1) is 11.6 Å². The number of aliphatic hydroxyl groups excluding tert-OH is 1. The van der Waals surface area contributed by atoms with E-state index in [0.717, 1.165) is 13.0 Å². The summed E-state index contributed by atoms with van der Waals surface area (Å²) in [7, 11) is 0. The second-order valence-electron chi connectivity index (χ2n) is 4.02. The van der Waals surface area contributed by atoms with Crippen LogP contribution in [0.1, 0.15) is 34.1 Å². The summed E-state index contributed by atoms with van der Waals surface area (Å²) < 4.78 is 0. The van der Waals surface area contributed by atoms with Gasteiger partial charge >= 0.3 is 0 Å². The van der Waals surface area contributed by atoms with Gasteiger partial charge in [0.2, 0.25) is 0 Å². The van der Waals surface area contributed by atoms with Gasteiger partial charge in [0.15, 0.2) is 0 Å². The van der Waals surface area contributed by atoms with Crippen molar-refractivity contribution in [1.82, 2.24) is 4.90 Å². The van der Waals surface area contributed by atoms with Gasteiger partial charge in [0.25, 0.3) is 0 Å². The summed E-state index contributed by atoms with van der Waals surface area (Å²) in [6.07, 6.45) is 0.404. The van der Waals surface area contributed by atoms with Crippen molar-refractivity contribution in [3.05, 3.63) is 0 Å². The minimum Gasteiger partial charge on any atom is -0.392 e. The van der Waals surface area contributed by atoms with Crippen LogP contribution in [0.5, 0.6) is 0 Å². The molecule has 0 aliphatic heterocycles. The SMILES string of the molecule is CC(C)N(CCC(O)CCl)C(C)C. The highest BCUT2D eigenvalue weighted by atomic mass is 35.5. The predicted octanol–water partition coefficient (Wildman–Crippen LogP) is 2.09. The van der Waals surface area contributed by atoms with E-state index in [1.165, 1.54) is 0 Å². The molecule has 0 fully saturated rings. The zero-order valence-corrected chi connectivity index (χ0v) is 9.88. The maximum Gasteiger partial charge on any atom is 0.0687 e. The van der Waals surface area contributed by atoms with Gasteiger partial charge in [0.05, 0.1) is 6.10 Å². The number of alkyl halides is 1. The first-order valence-electron chi connectivity index (χ1n) is 4.98. The lowest BCUT2D eigenvalue weighted by Gasteiger charge is -2.30. The topological polar surface area (TPSA) is 23.5 Å². The van der Waals surface area contributed by atoms with Gasteiger partial charge in [-0.1, -0.05) is 0 Å². The van der Waals surface area contributed by atoms with Gasteiger partial charge in [0, 0.05) is 24.5 Å². The minimum atomic E-state index is -0.360. The highest BCUT2D eigenvalue weighted by Gasteiger charge is 2.14. The molecule has 1 atom stereocenters. The van der Waals surface area contributed by atoms with E-state index in [0.29, 0.717) is 18.0 Å². The molecule has 0 spiro atoms. The molecular weight excluding hydrogens is 186 g/mol. The molecule has 0 bridgehead atoms. The van der Waals surface area contributed by atoms with Crippen LogP contribution in [0.4, 0.5) is 0 Å². The molecule has 0 aromatic carbocycles. The molecule has 0 saturated heterocycles. The summed E-state index contributed by atoms with van der Waals surface area (Å²) in [6.45, 7) is 9.61. The first-order chi connectivity index (χ1) is 5.99. The van der Waals surface area contributed by atoms with E-state index in [-0.39, 0.29) is 6.10 Å². The molecule has 1 N–H and O–H groups in total. The number of hydrogen-bond donors (Lipinski definition) is 1. The Balaban J connectivity index is 3.83. The standard InChI is InChI=1S/C10H22ClNO/c1-8(2)12(9(3)4)6-5-10(13)7-11/h8-10,13H,5-7H2,1-4H3. The second-order valence-corrected chi connectivity index (χ2v) is 4.33. The monoisotopic (exact) mass is 207 g/mol. The van der Waals surface area contributed by atoms with E-state index < -0.39 is 0 Å². The van der Waals surface area contributed by atoms with Crippen LogP contribution in [0.15, 0.2) is 0 Å². The first kappa shape index (κ1) is 13.2. The van der Waals surface area contributed by atoms with Gasteiger partial charge in [-0.25, -0.2) is 0 Å². The first-order valence-corrected chi connectivity index (χ1v) is 5.52. The number of nitrogens with zero attached hydrogens (tertiary/aromatic N) is 1. The van der Waals surface area contributed by atoms with Crippen LogP contribution in [0.2, 0.25) is 0 Å². The molecule has 0 radical (unpaired) electrons.